The Labute approximate surface area is 77.5 Å². The predicted octanol–water partition coefficient (Wildman–Crippen LogP) is 2.48. The second-order valence-electron chi connectivity index (χ2n) is 3.61. The number of benzene rings is 1. The zero-order valence-electron chi connectivity index (χ0n) is 7.83. The van der Waals surface area contributed by atoms with Gasteiger partial charge < -0.3 is 4.74 Å². The molecule has 0 aromatic heterocycles. The van der Waals surface area contributed by atoms with Gasteiger partial charge in [0.25, 0.3) is 0 Å². The van der Waals surface area contributed by atoms with Crippen LogP contribution in [0.3, 0.4) is 0 Å². The van der Waals surface area contributed by atoms with Gasteiger partial charge in [-0.1, -0.05) is 32.0 Å². The number of rotatable bonds is 1. The second-order valence-corrected chi connectivity index (χ2v) is 3.61. The normalized spacial score (nSPS) is 14.5. The fraction of sp³-hybridized carbons (Fsp3) is 0.364. The summed E-state index contributed by atoms with van der Waals surface area (Å²) in [6.07, 6.45) is 0. The van der Waals surface area contributed by atoms with E-state index in [-0.39, 0.29) is 5.97 Å². The van der Waals surface area contributed by atoms with Crippen LogP contribution < -0.4 is 0 Å². The van der Waals surface area contributed by atoms with Gasteiger partial charge in [-0.25, -0.2) is 4.79 Å². The Morgan fingerprint density at radius 3 is 2.85 bits per heavy atom. The number of hydrogen-bond donors (Lipinski definition) is 0. The van der Waals surface area contributed by atoms with Gasteiger partial charge in [0.2, 0.25) is 0 Å². The molecule has 0 bridgehead atoms. The average Bonchev–Trinajstić information content (AvgIpc) is 2.48. The maximum absolute atomic E-state index is 11.4. The van der Waals surface area contributed by atoms with Gasteiger partial charge in [0, 0.05) is 5.56 Å². The smallest absolute Gasteiger partial charge is 0.339 e. The van der Waals surface area contributed by atoms with Crippen molar-refractivity contribution in [2.24, 2.45) is 0 Å². The highest BCUT2D eigenvalue weighted by molar-refractivity contribution is 5.95. The van der Waals surface area contributed by atoms with Crippen LogP contribution in [-0.4, -0.2) is 5.97 Å². The Hall–Kier alpha value is -1.31. The maximum atomic E-state index is 11.4. The topological polar surface area (TPSA) is 26.3 Å². The van der Waals surface area contributed by atoms with Crippen LogP contribution in [-0.2, 0) is 11.3 Å². The molecular weight excluding hydrogens is 164 g/mol. The fourth-order valence-electron chi connectivity index (χ4n) is 1.69. The molecule has 0 aliphatic carbocycles. The first-order valence-corrected chi connectivity index (χ1v) is 4.49. The minimum atomic E-state index is -0.167. The van der Waals surface area contributed by atoms with Crippen LogP contribution in [0.15, 0.2) is 18.2 Å². The second kappa shape index (κ2) is 2.87. The summed E-state index contributed by atoms with van der Waals surface area (Å²) >= 11 is 0. The standard InChI is InChI=1S/C11H12O2/c1-7(2)9-5-3-4-8-6-13-11(12)10(8)9/h3-5,7H,6H2,1-2H3. The van der Waals surface area contributed by atoms with E-state index in [2.05, 4.69) is 13.8 Å². The van der Waals surface area contributed by atoms with E-state index in [1.54, 1.807) is 0 Å². The molecule has 1 aliphatic rings. The number of carbonyl (C=O) groups is 1. The van der Waals surface area contributed by atoms with E-state index in [1.807, 2.05) is 18.2 Å². The molecule has 0 radical (unpaired) electrons. The molecule has 0 N–H and O–H groups in total. The Balaban J connectivity index is 2.60. The molecule has 0 saturated carbocycles. The highest BCUT2D eigenvalue weighted by atomic mass is 16.5. The third kappa shape index (κ3) is 1.22. The van der Waals surface area contributed by atoms with Crippen molar-refractivity contribution in [1.29, 1.82) is 0 Å². The molecule has 2 rings (SSSR count). The van der Waals surface area contributed by atoms with Gasteiger partial charge in [-0.3, -0.25) is 0 Å². The lowest BCUT2D eigenvalue weighted by molar-refractivity contribution is 0.0534. The van der Waals surface area contributed by atoms with Gasteiger partial charge in [0.05, 0.1) is 5.56 Å². The van der Waals surface area contributed by atoms with E-state index < -0.39 is 0 Å². The summed E-state index contributed by atoms with van der Waals surface area (Å²) < 4.78 is 4.98. The molecule has 0 unspecified atom stereocenters. The molecule has 13 heavy (non-hydrogen) atoms. The average molecular weight is 176 g/mol. The zero-order chi connectivity index (χ0) is 9.42. The Kier molecular flexibility index (Phi) is 1.83. The first-order chi connectivity index (χ1) is 6.20. The molecule has 0 amide bonds. The highest BCUT2D eigenvalue weighted by Gasteiger charge is 2.24. The van der Waals surface area contributed by atoms with Crippen LogP contribution in [0.5, 0.6) is 0 Å². The Bertz CT molecular complexity index is 353. The van der Waals surface area contributed by atoms with E-state index in [4.69, 9.17) is 4.74 Å². The minimum Gasteiger partial charge on any atom is -0.457 e. The van der Waals surface area contributed by atoms with Crippen LogP contribution in [0, 0.1) is 0 Å². The molecule has 1 aliphatic heterocycles. The van der Waals surface area contributed by atoms with Crippen LogP contribution in [0.1, 0.15) is 41.3 Å². The summed E-state index contributed by atoms with van der Waals surface area (Å²) in [6.45, 7) is 4.61. The quantitative estimate of drug-likeness (QED) is 0.614. The third-order valence-electron chi connectivity index (χ3n) is 2.37. The molecule has 2 nitrogen and oxygen atoms in total. The predicted molar refractivity (Wildman–Crippen MR) is 49.7 cm³/mol. The summed E-state index contributed by atoms with van der Waals surface area (Å²) in [5, 5.41) is 0. The van der Waals surface area contributed by atoms with Gasteiger partial charge in [0.1, 0.15) is 6.61 Å². The lowest BCUT2D eigenvalue weighted by Crippen LogP contribution is -2.01. The molecule has 1 aromatic rings. The van der Waals surface area contributed by atoms with Crippen molar-refractivity contribution in [2.45, 2.75) is 26.4 Å². The van der Waals surface area contributed by atoms with Crippen molar-refractivity contribution >= 4 is 5.97 Å². The van der Waals surface area contributed by atoms with Gasteiger partial charge in [-0.2, -0.15) is 0 Å². The minimum absolute atomic E-state index is 0.167. The number of hydrogen-bond acceptors (Lipinski definition) is 2. The summed E-state index contributed by atoms with van der Waals surface area (Å²) in [5.74, 6) is 0.208. The van der Waals surface area contributed by atoms with Gasteiger partial charge in [-0.15, -0.1) is 0 Å². The monoisotopic (exact) mass is 176 g/mol. The van der Waals surface area contributed by atoms with Crippen LogP contribution >= 0.6 is 0 Å². The van der Waals surface area contributed by atoms with Crippen molar-refractivity contribution in [3.63, 3.8) is 0 Å². The molecule has 0 atom stereocenters. The molecule has 0 fully saturated rings. The van der Waals surface area contributed by atoms with E-state index >= 15 is 0 Å². The van der Waals surface area contributed by atoms with Crippen molar-refractivity contribution in [1.82, 2.24) is 0 Å². The first-order valence-electron chi connectivity index (χ1n) is 4.49. The van der Waals surface area contributed by atoms with Crippen molar-refractivity contribution in [3.05, 3.63) is 34.9 Å². The van der Waals surface area contributed by atoms with Crippen LogP contribution in [0.25, 0.3) is 0 Å². The van der Waals surface area contributed by atoms with E-state index in [1.165, 1.54) is 0 Å². The Morgan fingerprint density at radius 1 is 1.38 bits per heavy atom. The summed E-state index contributed by atoms with van der Waals surface area (Å²) in [5.41, 5.74) is 2.91. The van der Waals surface area contributed by atoms with Gasteiger partial charge >= 0.3 is 5.97 Å². The van der Waals surface area contributed by atoms with Crippen LogP contribution in [0.2, 0.25) is 0 Å². The van der Waals surface area contributed by atoms with E-state index in [0.29, 0.717) is 12.5 Å². The van der Waals surface area contributed by atoms with Gasteiger partial charge in [0.15, 0.2) is 0 Å². The summed E-state index contributed by atoms with van der Waals surface area (Å²) in [7, 11) is 0. The van der Waals surface area contributed by atoms with Crippen molar-refractivity contribution < 1.29 is 9.53 Å². The molecule has 1 aromatic carbocycles. The highest BCUT2D eigenvalue weighted by Crippen LogP contribution is 2.28. The lowest BCUT2D eigenvalue weighted by Gasteiger charge is -2.07. The zero-order valence-corrected chi connectivity index (χ0v) is 7.83. The lowest BCUT2D eigenvalue weighted by atomic mass is 9.95. The summed E-state index contributed by atoms with van der Waals surface area (Å²) in [6, 6.07) is 5.93. The number of carbonyl (C=O) groups excluding carboxylic acids is 1. The maximum Gasteiger partial charge on any atom is 0.339 e. The van der Waals surface area contributed by atoms with Crippen molar-refractivity contribution in [2.75, 3.05) is 0 Å². The molecular formula is C11H12O2. The SMILES string of the molecule is CC(C)c1cccc2c1C(=O)OC2. The Morgan fingerprint density at radius 2 is 2.15 bits per heavy atom. The number of cyclic esters (lactones) is 1. The van der Waals surface area contributed by atoms with E-state index in [9.17, 15) is 4.79 Å². The molecule has 0 saturated heterocycles. The molecule has 1 heterocycles. The number of fused-ring (bicyclic) bond motifs is 1. The largest absolute Gasteiger partial charge is 0.457 e. The van der Waals surface area contributed by atoms with Crippen LogP contribution in [0.4, 0.5) is 0 Å². The fourth-order valence-corrected chi connectivity index (χ4v) is 1.69. The number of ether oxygens (including phenoxy) is 1. The molecule has 68 valence electrons. The van der Waals surface area contributed by atoms with E-state index in [0.717, 1.165) is 16.7 Å². The molecule has 0 spiro atoms. The molecule has 2 heteroatoms. The van der Waals surface area contributed by atoms with Gasteiger partial charge in [-0.05, 0) is 11.5 Å². The number of esters is 1. The summed E-state index contributed by atoms with van der Waals surface area (Å²) in [4.78, 5) is 11.4. The first kappa shape index (κ1) is 8.30. The third-order valence-corrected chi connectivity index (χ3v) is 2.37. The van der Waals surface area contributed by atoms with Crippen molar-refractivity contribution in [3.8, 4) is 0 Å².